The largest absolute Gasteiger partial charge is 0.329 e. The molecule has 0 spiro atoms. The van der Waals surface area contributed by atoms with E-state index in [0.29, 0.717) is 5.56 Å². The van der Waals surface area contributed by atoms with Crippen molar-refractivity contribution in [1.82, 2.24) is 14.8 Å². The molecule has 4 rings (SSSR count). The summed E-state index contributed by atoms with van der Waals surface area (Å²) in [5, 5.41) is 2.68. The number of amides is 3. The van der Waals surface area contributed by atoms with Crippen molar-refractivity contribution in [2.45, 2.75) is 40.7 Å². The maximum Gasteiger partial charge on any atom is 0.329 e. The Morgan fingerprint density at radius 2 is 1.75 bits per heavy atom. The van der Waals surface area contributed by atoms with Crippen LogP contribution in [0, 0.1) is 26.6 Å². The van der Waals surface area contributed by atoms with Crippen LogP contribution in [0.3, 0.4) is 0 Å². The zero-order chi connectivity index (χ0) is 23.0. The molecule has 0 unspecified atom stereocenters. The highest BCUT2D eigenvalue weighted by Gasteiger charge is 2.33. The van der Waals surface area contributed by atoms with Crippen LogP contribution in [0.2, 0.25) is 0 Å². The summed E-state index contributed by atoms with van der Waals surface area (Å²) in [6.45, 7) is 8.38. The second kappa shape index (κ2) is 8.46. The summed E-state index contributed by atoms with van der Waals surface area (Å²) in [5.74, 6) is -0.754. The van der Waals surface area contributed by atoms with E-state index >= 15 is 0 Å². The van der Waals surface area contributed by atoms with Crippen LogP contribution < -0.4 is 5.32 Å². The highest BCUT2D eigenvalue weighted by atomic mass is 19.1. The van der Waals surface area contributed by atoms with Gasteiger partial charge < -0.3 is 9.88 Å². The van der Waals surface area contributed by atoms with Gasteiger partial charge in [0.15, 0.2) is 0 Å². The summed E-state index contributed by atoms with van der Waals surface area (Å²) >= 11 is 0. The van der Waals surface area contributed by atoms with E-state index in [1.54, 1.807) is 18.2 Å². The first-order valence-corrected chi connectivity index (χ1v) is 10.7. The fraction of sp³-hybridized carbons (Fsp3) is 0.231. The molecule has 1 aliphatic rings. The Kier molecular flexibility index (Phi) is 5.70. The number of nitrogens with zero attached hydrogens (tertiary/aromatic N) is 2. The molecule has 0 bridgehead atoms. The number of para-hydroxylation sites is 1. The zero-order valence-corrected chi connectivity index (χ0v) is 18.7. The van der Waals surface area contributed by atoms with Crippen LogP contribution in [0.15, 0.2) is 54.2 Å². The first-order valence-electron chi connectivity index (χ1n) is 10.7. The quantitative estimate of drug-likeness (QED) is 0.446. The number of hydrogen-bond donors (Lipinski definition) is 1. The molecule has 1 saturated heterocycles. The smallest absolute Gasteiger partial charge is 0.317 e. The van der Waals surface area contributed by atoms with E-state index < -0.39 is 11.9 Å². The van der Waals surface area contributed by atoms with Gasteiger partial charge in [-0.1, -0.05) is 37.3 Å². The Balaban J connectivity index is 1.67. The normalized spacial score (nSPS) is 15.0. The number of rotatable bonds is 5. The maximum atomic E-state index is 13.2. The van der Waals surface area contributed by atoms with Gasteiger partial charge in [-0.2, -0.15) is 0 Å². The molecule has 3 aromatic rings. The average molecular weight is 432 g/mol. The lowest BCUT2D eigenvalue weighted by Crippen LogP contribution is -2.30. The highest BCUT2D eigenvalue weighted by molar-refractivity contribution is 6.14. The molecule has 1 N–H and O–H groups in total. The molecule has 0 aliphatic carbocycles. The Morgan fingerprint density at radius 1 is 1.03 bits per heavy atom. The molecule has 0 saturated carbocycles. The maximum absolute atomic E-state index is 13.2. The van der Waals surface area contributed by atoms with Gasteiger partial charge in [0, 0.05) is 11.4 Å². The van der Waals surface area contributed by atoms with Crippen LogP contribution in [-0.2, 0) is 17.8 Å². The van der Waals surface area contributed by atoms with Gasteiger partial charge in [-0.25, -0.2) is 9.18 Å². The number of aromatic nitrogens is 1. The summed E-state index contributed by atoms with van der Waals surface area (Å²) in [6.07, 6.45) is 2.64. The molecule has 32 heavy (non-hydrogen) atoms. The lowest BCUT2D eigenvalue weighted by molar-refractivity contribution is -0.123. The molecule has 164 valence electrons. The first-order chi connectivity index (χ1) is 15.3. The summed E-state index contributed by atoms with van der Waals surface area (Å²) in [6, 6.07) is 13.6. The van der Waals surface area contributed by atoms with Gasteiger partial charge in [0.2, 0.25) is 0 Å². The van der Waals surface area contributed by atoms with Crippen molar-refractivity contribution in [3.05, 3.63) is 93.7 Å². The number of carbonyl (C=O) groups excluding carboxylic acids is 2. The second-order valence-electron chi connectivity index (χ2n) is 8.10. The average Bonchev–Trinajstić information content (AvgIpc) is 3.19. The summed E-state index contributed by atoms with van der Waals surface area (Å²) in [4.78, 5) is 26.5. The van der Waals surface area contributed by atoms with Crippen molar-refractivity contribution in [3.63, 3.8) is 0 Å². The van der Waals surface area contributed by atoms with Crippen LogP contribution in [0.1, 0.15) is 40.6 Å². The molecular weight excluding hydrogens is 405 g/mol. The SMILES string of the molecule is CCc1cccc(C)c1-n1c(C)cc(/C=C2\NC(=O)N(Cc3ccc(F)cc3)C2=O)c1C. The van der Waals surface area contributed by atoms with E-state index in [4.69, 9.17) is 0 Å². The van der Waals surface area contributed by atoms with Crippen molar-refractivity contribution < 1.29 is 14.0 Å². The predicted molar refractivity (Wildman–Crippen MR) is 123 cm³/mol. The predicted octanol–water partition coefficient (Wildman–Crippen LogP) is 5.20. The second-order valence-corrected chi connectivity index (χ2v) is 8.10. The van der Waals surface area contributed by atoms with Crippen molar-refractivity contribution in [2.24, 2.45) is 0 Å². The molecule has 0 atom stereocenters. The molecule has 3 amide bonds. The number of imide groups is 1. The molecular formula is C26H26FN3O2. The number of halogens is 1. The number of carbonyl (C=O) groups is 2. The lowest BCUT2D eigenvalue weighted by atomic mass is 10.1. The van der Waals surface area contributed by atoms with E-state index in [2.05, 4.69) is 41.9 Å². The fourth-order valence-corrected chi connectivity index (χ4v) is 4.25. The van der Waals surface area contributed by atoms with Crippen molar-refractivity contribution >= 4 is 18.0 Å². The Hall–Kier alpha value is -3.67. The van der Waals surface area contributed by atoms with Gasteiger partial charge in [0.1, 0.15) is 11.5 Å². The number of urea groups is 1. The third kappa shape index (κ3) is 3.84. The third-order valence-corrected chi connectivity index (χ3v) is 5.91. The Labute approximate surface area is 187 Å². The van der Waals surface area contributed by atoms with Gasteiger partial charge in [-0.15, -0.1) is 0 Å². The van der Waals surface area contributed by atoms with Gasteiger partial charge in [0.05, 0.1) is 12.2 Å². The van der Waals surface area contributed by atoms with Gasteiger partial charge in [-0.3, -0.25) is 9.69 Å². The molecule has 2 aromatic carbocycles. The molecule has 5 nitrogen and oxygen atoms in total. The molecule has 2 heterocycles. The highest BCUT2D eigenvalue weighted by Crippen LogP contribution is 2.28. The van der Waals surface area contributed by atoms with Gasteiger partial charge in [0.25, 0.3) is 5.91 Å². The first kappa shape index (κ1) is 21.6. The molecule has 1 aliphatic heterocycles. The van der Waals surface area contributed by atoms with E-state index in [1.807, 2.05) is 19.9 Å². The van der Waals surface area contributed by atoms with Crippen LogP contribution in [0.5, 0.6) is 0 Å². The van der Waals surface area contributed by atoms with Crippen molar-refractivity contribution in [2.75, 3.05) is 0 Å². The van der Waals surface area contributed by atoms with E-state index in [9.17, 15) is 14.0 Å². The van der Waals surface area contributed by atoms with Gasteiger partial charge >= 0.3 is 6.03 Å². The van der Waals surface area contributed by atoms with Crippen LogP contribution in [0.4, 0.5) is 9.18 Å². The summed E-state index contributed by atoms with van der Waals surface area (Å²) in [5.41, 5.74) is 7.44. The molecule has 1 aromatic heterocycles. The minimum Gasteiger partial charge on any atom is -0.317 e. The van der Waals surface area contributed by atoms with E-state index in [0.717, 1.165) is 34.0 Å². The number of aryl methyl sites for hydroxylation is 3. The Morgan fingerprint density at radius 3 is 2.44 bits per heavy atom. The number of nitrogens with one attached hydrogen (secondary N) is 1. The van der Waals surface area contributed by atoms with E-state index in [1.165, 1.54) is 23.3 Å². The van der Waals surface area contributed by atoms with Gasteiger partial charge in [-0.05, 0) is 73.7 Å². The molecule has 0 radical (unpaired) electrons. The fourth-order valence-electron chi connectivity index (χ4n) is 4.25. The standard InChI is InChI=1S/C26H26FN3O2/c1-5-20-8-6-7-16(2)24(20)30-17(3)13-21(18(30)4)14-23-25(31)29(26(32)28-23)15-19-9-11-22(27)12-10-19/h6-14H,5,15H2,1-4H3,(H,28,32)/b23-14-. The summed E-state index contributed by atoms with van der Waals surface area (Å²) in [7, 11) is 0. The third-order valence-electron chi connectivity index (χ3n) is 5.91. The minimum atomic E-state index is -0.480. The van der Waals surface area contributed by atoms with Crippen molar-refractivity contribution in [1.29, 1.82) is 0 Å². The van der Waals surface area contributed by atoms with Crippen molar-refractivity contribution in [3.8, 4) is 5.69 Å². The Bertz CT molecular complexity index is 1240. The zero-order valence-electron chi connectivity index (χ0n) is 18.7. The number of hydrogen-bond acceptors (Lipinski definition) is 2. The summed E-state index contributed by atoms with van der Waals surface area (Å²) < 4.78 is 15.4. The van der Waals surface area contributed by atoms with Crippen LogP contribution >= 0.6 is 0 Å². The van der Waals surface area contributed by atoms with Crippen LogP contribution in [-0.4, -0.2) is 21.4 Å². The minimum absolute atomic E-state index is 0.0877. The number of benzene rings is 2. The lowest BCUT2D eigenvalue weighted by Gasteiger charge is -2.17. The monoisotopic (exact) mass is 431 g/mol. The van der Waals surface area contributed by atoms with Crippen LogP contribution in [0.25, 0.3) is 11.8 Å². The molecule has 6 heteroatoms. The van der Waals surface area contributed by atoms with E-state index in [-0.39, 0.29) is 18.1 Å². The molecule has 1 fully saturated rings. The topological polar surface area (TPSA) is 54.3 Å².